The largest absolute Gasteiger partial charge is 0.481 e. The Kier molecular flexibility index (Phi) is 5.31. The zero-order chi connectivity index (χ0) is 13.0. The van der Waals surface area contributed by atoms with Crippen molar-refractivity contribution in [3.63, 3.8) is 0 Å². The molecule has 1 N–H and O–H groups in total. The minimum absolute atomic E-state index is 0.0217. The molecule has 2 atom stereocenters. The van der Waals surface area contributed by atoms with E-state index < -0.39 is 11.9 Å². The van der Waals surface area contributed by atoms with Gasteiger partial charge in [0.2, 0.25) is 5.91 Å². The van der Waals surface area contributed by atoms with Crippen LogP contribution in [-0.2, 0) is 9.59 Å². The van der Waals surface area contributed by atoms with Gasteiger partial charge in [0.15, 0.2) is 0 Å². The number of hydrogen-bond donors (Lipinski definition) is 1. The molecule has 4 nitrogen and oxygen atoms in total. The predicted octanol–water partition coefficient (Wildman–Crippen LogP) is 1.70. The van der Waals surface area contributed by atoms with Gasteiger partial charge >= 0.3 is 5.97 Å². The molecule has 0 saturated heterocycles. The topological polar surface area (TPSA) is 57.6 Å². The van der Waals surface area contributed by atoms with E-state index in [1.165, 1.54) is 0 Å². The molecule has 1 saturated carbocycles. The first kappa shape index (κ1) is 14.4. The van der Waals surface area contributed by atoms with E-state index in [0.717, 1.165) is 18.6 Å². The molecule has 2 unspecified atom stereocenters. The normalized spacial score (nSPS) is 18.5. The first-order valence-electron chi connectivity index (χ1n) is 5.99. The van der Waals surface area contributed by atoms with E-state index in [1.807, 2.05) is 13.2 Å². The number of carbonyl (C=O) groups is 2. The van der Waals surface area contributed by atoms with Crippen molar-refractivity contribution in [3.8, 4) is 0 Å². The van der Waals surface area contributed by atoms with Crippen LogP contribution in [0, 0.1) is 11.8 Å². The second-order valence-electron chi connectivity index (χ2n) is 4.82. The summed E-state index contributed by atoms with van der Waals surface area (Å²) >= 11 is 1.65. The van der Waals surface area contributed by atoms with Gasteiger partial charge in [-0.05, 0) is 19.1 Å². The van der Waals surface area contributed by atoms with Crippen molar-refractivity contribution in [2.45, 2.75) is 32.7 Å². The molecule has 5 heteroatoms. The van der Waals surface area contributed by atoms with Crippen molar-refractivity contribution >= 4 is 23.6 Å². The number of hydrogen-bond acceptors (Lipinski definition) is 3. The monoisotopic (exact) mass is 259 g/mol. The Bertz CT molecular complexity index is 291. The number of thioether (sulfide) groups is 1. The molecule has 1 aliphatic rings. The lowest BCUT2D eigenvalue weighted by Crippen LogP contribution is -2.41. The molecule has 0 aromatic rings. The molecular weight excluding hydrogens is 238 g/mol. The molecule has 17 heavy (non-hydrogen) atoms. The summed E-state index contributed by atoms with van der Waals surface area (Å²) in [6.45, 7) is 3.92. The summed E-state index contributed by atoms with van der Waals surface area (Å²) in [6.07, 6.45) is 4.01. The van der Waals surface area contributed by atoms with E-state index in [-0.39, 0.29) is 17.9 Å². The predicted molar refractivity (Wildman–Crippen MR) is 69.1 cm³/mol. The fourth-order valence-corrected chi connectivity index (χ4v) is 2.43. The SMILES string of the molecule is CSCC(C)C(=O)N(CC(C)C(=O)O)C1CC1. The molecule has 0 heterocycles. The van der Waals surface area contributed by atoms with Crippen LogP contribution >= 0.6 is 11.8 Å². The van der Waals surface area contributed by atoms with Crippen LogP contribution in [0.1, 0.15) is 26.7 Å². The molecular formula is C12H21NO3S. The summed E-state index contributed by atoms with van der Waals surface area (Å²) in [7, 11) is 0. The fourth-order valence-electron chi connectivity index (χ4n) is 1.78. The highest BCUT2D eigenvalue weighted by molar-refractivity contribution is 7.98. The Morgan fingerprint density at radius 1 is 1.35 bits per heavy atom. The summed E-state index contributed by atoms with van der Waals surface area (Å²) in [6, 6.07) is 0.286. The van der Waals surface area contributed by atoms with Gasteiger partial charge in [-0.25, -0.2) is 0 Å². The molecule has 1 amide bonds. The maximum absolute atomic E-state index is 12.2. The van der Waals surface area contributed by atoms with Crippen LogP contribution in [-0.4, -0.2) is 46.5 Å². The van der Waals surface area contributed by atoms with Gasteiger partial charge in [0.05, 0.1) is 5.92 Å². The number of carboxylic acid groups (broad SMARTS) is 1. The third-order valence-electron chi connectivity index (χ3n) is 3.00. The molecule has 98 valence electrons. The first-order valence-corrected chi connectivity index (χ1v) is 7.39. The first-order chi connectivity index (χ1) is 7.97. The summed E-state index contributed by atoms with van der Waals surface area (Å²) < 4.78 is 0. The van der Waals surface area contributed by atoms with E-state index in [9.17, 15) is 9.59 Å². The van der Waals surface area contributed by atoms with Crippen LogP contribution in [0.4, 0.5) is 0 Å². The Balaban J connectivity index is 2.59. The minimum atomic E-state index is -0.832. The average Bonchev–Trinajstić information content (AvgIpc) is 3.08. The van der Waals surface area contributed by atoms with Gasteiger partial charge in [-0.2, -0.15) is 11.8 Å². The lowest BCUT2D eigenvalue weighted by molar-refractivity contribution is -0.143. The van der Waals surface area contributed by atoms with Crippen molar-refractivity contribution < 1.29 is 14.7 Å². The summed E-state index contributed by atoms with van der Waals surface area (Å²) in [5.41, 5.74) is 0. The van der Waals surface area contributed by atoms with E-state index in [2.05, 4.69) is 0 Å². The number of aliphatic carboxylic acids is 1. The number of carbonyl (C=O) groups excluding carboxylic acids is 1. The maximum atomic E-state index is 12.2. The van der Waals surface area contributed by atoms with Crippen LogP contribution in [0.25, 0.3) is 0 Å². The van der Waals surface area contributed by atoms with E-state index in [1.54, 1.807) is 23.6 Å². The Morgan fingerprint density at radius 3 is 2.35 bits per heavy atom. The number of carboxylic acids is 1. The van der Waals surface area contributed by atoms with Crippen molar-refractivity contribution in [2.75, 3.05) is 18.6 Å². The lowest BCUT2D eigenvalue weighted by Gasteiger charge is -2.27. The highest BCUT2D eigenvalue weighted by Crippen LogP contribution is 2.29. The fraction of sp³-hybridized carbons (Fsp3) is 0.833. The average molecular weight is 259 g/mol. The van der Waals surface area contributed by atoms with E-state index in [0.29, 0.717) is 6.54 Å². The molecule has 0 spiro atoms. The van der Waals surface area contributed by atoms with Crippen molar-refractivity contribution in [1.82, 2.24) is 4.90 Å². The van der Waals surface area contributed by atoms with Gasteiger partial charge in [0.25, 0.3) is 0 Å². The van der Waals surface area contributed by atoms with Crippen molar-refractivity contribution in [2.24, 2.45) is 11.8 Å². The molecule has 0 aliphatic heterocycles. The zero-order valence-corrected chi connectivity index (χ0v) is 11.5. The lowest BCUT2D eigenvalue weighted by atomic mass is 10.1. The van der Waals surface area contributed by atoms with Crippen LogP contribution in [0.15, 0.2) is 0 Å². The standard InChI is InChI=1S/C12H21NO3S/c1-8(12(15)16)6-13(10-4-5-10)11(14)9(2)7-17-3/h8-10H,4-7H2,1-3H3,(H,15,16). The number of rotatable bonds is 7. The highest BCUT2D eigenvalue weighted by atomic mass is 32.2. The van der Waals surface area contributed by atoms with E-state index >= 15 is 0 Å². The summed E-state index contributed by atoms with van der Waals surface area (Å²) in [4.78, 5) is 24.8. The summed E-state index contributed by atoms with van der Waals surface area (Å²) in [5.74, 6) is -0.438. The van der Waals surface area contributed by atoms with Crippen LogP contribution in [0.5, 0.6) is 0 Å². The van der Waals surface area contributed by atoms with Gasteiger partial charge in [-0.15, -0.1) is 0 Å². The zero-order valence-electron chi connectivity index (χ0n) is 10.7. The third kappa shape index (κ3) is 4.22. The molecule has 0 radical (unpaired) electrons. The van der Waals surface area contributed by atoms with Gasteiger partial charge in [0.1, 0.15) is 0 Å². The van der Waals surface area contributed by atoms with Crippen molar-refractivity contribution in [3.05, 3.63) is 0 Å². The smallest absolute Gasteiger partial charge is 0.308 e. The molecule has 0 aromatic carbocycles. The van der Waals surface area contributed by atoms with Gasteiger partial charge in [-0.1, -0.05) is 13.8 Å². The third-order valence-corrected chi connectivity index (χ3v) is 3.83. The number of nitrogens with zero attached hydrogens (tertiary/aromatic N) is 1. The quantitative estimate of drug-likeness (QED) is 0.756. The molecule has 0 aromatic heterocycles. The van der Waals surface area contributed by atoms with Gasteiger partial charge in [-0.3, -0.25) is 9.59 Å². The molecule has 1 rings (SSSR count). The van der Waals surface area contributed by atoms with Gasteiger partial charge in [0, 0.05) is 24.3 Å². The Hall–Kier alpha value is -0.710. The Labute approximate surface area is 107 Å². The molecule has 0 bridgehead atoms. The maximum Gasteiger partial charge on any atom is 0.308 e. The number of amides is 1. The van der Waals surface area contributed by atoms with Gasteiger partial charge < -0.3 is 10.0 Å². The Morgan fingerprint density at radius 2 is 1.94 bits per heavy atom. The minimum Gasteiger partial charge on any atom is -0.481 e. The second kappa shape index (κ2) is 6.28. The van der Waals surface area contributed by atoms with Crippen molar-refractivity contribution in [1.29, 1.82) is 0 Å². The molecule has 1 aliphatic carbocycles. The van der Waals surface area contributed by atoms with E-state index in [4.69, 9.17) is 5.11 Å². The summed E-state index contributed by atoms with van der Waals surface area (Å²) in [5, 5.41) is 8.91. The van der Waals surface area contributed by atoms with Crippen LogP contribution < -0.4 is 0 Å². The van der Waals surface area contributed by atoms with Crippen LogP contribution in [0.3, 0.4) is 0 Å². The highest BCUT2D eigenvalue weighted by Gasteiger charge is 2.35. The second-order valence-corrected chi connectivity index (χ2v) is 5.73. The van der Waals surface area contributed by atoms with Crippen LogP contribution in [0.2, 0.25) is 0 Å². The molecule has 1 fully saturated rings.